The van der Waals surface area contributed by atoms with Gasteiger partial charge < -0.3 is 29.0 Å². The third-order valence-electron chi connectivity index (χ3n) is 4.73. The Bertz CT molecular complexity index is 1070. The summed E-state index contributed by atoms with van der Waals surface area (Å²) in [7, 11) is 4.70. The number of carbonyl (C=O) groups is 1. The molecule has 0 saturated heterocycles. The maximum absolute atomic E-state index is 12.9. The molecule has 0 saturated carbocycles. The number of benzene rings is 3. The predicted molar refractivity (Wildman–Crippen MR) is 122 cm³/mol. The van der Waals surface area contributed by atoms with Gasteiger partial charge in [-0.1, -0.05) is 12.1 Å². The predicted octanol–water partition coefficient (Wildman–Crippen LogP) is 4.94. The molecule has 32 heavy (non-hydrogen) atoms. The highest BCUT2D eigenvalue weighted by Crippen LogP contribution is 2.31. The zero-order chi connectivity index (χ0) is 22.9. The Kier molecular flexibility index (Phi) is 7.80. The Morgan fingerprint density at radius 1 is 0.781 bits per heavy atom. The van der Waals surface area contributed by atoms with E-state index >= 15 is 0 Å². The quantitative estimate of drug-likeness (QED) is 0.484. The summed E-state index contributed by atoms with van der Waals surface area (Å²) in [5.74, 6) is 2.75. The average molecular weight is 437 g/mol. The first-order valence-electron chi connectivity index (χ1n) is 10.1. The molecule has 7 nitrogen and oxygen atoms in total. The minimum Gasteiger partial charge on any atom is -0.497 e. The van der Waals surface area contributed by atoms with Gasteiger partial charge in [-0.15, -0.1) is 0 Å². The van der Waals surface area contributed by atoms with E-state index < -0.39 is 0 Å². The molecule has 0 heterocycles. The van der Waals surface area contributed by atoms with Crippen LogP contribution in [-0.4, -0.2) is 33.8 Å². The molecule has 0 bridgehead atoms. The van der Waals surface area contributed by atoms with Gasteiger partial charge in [-0.05, 0) is 49.4 Å². The number of hydrogen-bond acceptors (Lipinski definition) is 6. The van der Waals surface area contributed by atoms with E-state index in [-0.39, 0.29) is 12.5 Å². The first-order chi connectivity index (χ1) is 15.6. The first-order valence-corrected chi connectivity index (χ1v) is 10.1. The number of anilines is 1. The van der Waals surface area contributed by atoms with Crippen molar-refractivity contribution >= 4 is 11.6 Å². The summed E-state index contributed by atoms with van der Waals surface area (Å²) in [5.41, 5.74) is 1.75. The Labute approximate surface area is 187 Å². The van der Waals surface area contributed by atoms with E-state index in [2.05, 4.69) is 5.32 Å². The van der Waals surface area contributed by atoms with Crippen molar-refractivity contribution in [3.63, 3.8) is 0 Å². The number of hydrogen-bond donors (Lipinski definition) is 1. The van der Waals surface area contributed by atoms with Crippen LogP contribution in [0.3, 0.4) is 0 Å². The SMILES string of the molecule is CCOc1ccc(C(=O)Nc2ccc(OC)cc2OC)cc1COc1ccccc1OC. The highest BCUT2D eigenvalue weighted by atomic mass is 16.5. The Morgan fingerprint density at radius 2 is 1.53 bits per heavy atom. The lowest BCUT2D eigenvalue weighted by atomic mass is 10.1. The molecule has 0 spiro atoms. The van der Waals surface area contributed by atoms with E-state index in [9.17, 15) is 4.79 Å². The summed E-state index contributed by atoms with van der Waals surface area (Å²) in [6, 6.07) is 17.8. The van der Waals surface area contributed by atoms with Crippen LogP contribution < -0.4 is 29.0 Å². The smallest absolute Gasteiger partial charge is 0.255 e. The fourth-order valence-electron chi connectivity index (χ4n) is 3.12. The van der Waals surface area contributed by atoms with Crippen molar-refractivity contribution in [1.29, 1.82) is 0 Å². The molecule has 0 radical (unpaired) electrons. The molecule has 3 aromatic rings. The largest absolute Gasteiger partial charge is 0.497 e. The maximum Gasteiger partial charge on any atom is 0.255 e. The van der Waals surface area contributed by atoms with Gasteiger partial charge in [-0.25, -0.2) is 0 Å². The van der Waals surface area contributed by atoms with E-state index in [1.165, 1.54) is 7.11 Å². The van der Waals surface area contributed by atoms with Crippen molar-refractivity contribution in [2.24, 2.45) is 0 Å². The number of ether oxygens (including phenoxy) is 5. The fraction of sp³-hybridized carbons (Fsp3) is 0.240. The van der Waals surface area contributed by atoms with Crippen LogP contribution in [0.2, 0.25) is 0 Å². The second-order valence-electron chi connectivity index (χ2n) is 6.72. The third kappa shape index (κ3) is 5.43. The number of para-hydroxylation sites is 2. The van der Waals surface area contributed by atoms with Crippen molar-refractivity contribution in [3.05, 3.63) is 71.8 Å². The lowest BCUT2D eigenvalue weighted by Crippen LogP contribution is -2.14. The molecule has 1 amide bonds. The van der Waals surface area contributed by atoms with E-state index in [1.807, 2.05) is 31.2 Å². The number of methoxy groups -OCH3 is 3. The Morgan fingerprint density at radius 3 is 2.22 bits per heavy atom. The van der Waals surface area contributed by atoms with Crippen LogP contribution in [0, 0.1) is 0 Å². The number of nitrogens with one attached hydrogen (secondary N) is 1. The zero-order valence-electron chi connectivity index (χ0n) is 18.6. The van der Waals surface area contributed by atoms with E-state index in [4.69, 9.17) is 23.7 Å². The highest BCUT2D eigenvalue weighted by molar-refractivity contribution is 6.05. The van der Waals surface area contributed by atoms with Crippen LogP contribution in [0.5, 0.6) is 28.7 Å². The molecule has 3 rings (SSSR count). The Hall–Kier alpha value is -3.87. The van der Waals surface area contributed by atoms with Gasteiger partial charge in [0.1, 0.15) is 23.9 Å². The van der Waals surface area contributed by atoms with Gasteiger partial charge >= 0.3 is 0 Å². The van der Waals surface area contributed by atoms with Crippen LogP contribution in [0.15, 0.2) is 60.7 Å². The molecule has 1 N–H and O–H groups in total. The second-order valence-corrected chi connectivity index (χ2v) is 6.72. The normalized spacial score (nSPS) is 10.2. The van der Waals surface area contributed by atoms with Crippen molar-refractivity contribution < 1.29 is 28.5 Å². The minimum atomic E-state index is -0.282. The average Bonchev–Trinajstić information content (AvgIpc) is 2.83. The molecular weight excluding hydrogens is 410 g/mol. The molecule has 0 fully saturated rings. The van der Waals surface area contributed by atoms with Crippen LogP contribution in [0.1, 0.15) is 22.8 Å². The van der Waals surface area contributed by atoms with Crippen molar-refractivity contribution in [1.82, 2.24) is 0 Å². The third-order valence-corrected chi connectivity index (χ3v) is 4.73. The van der Waals surface area contributed by atoms with Crippen molar-refractivity contribution in [2.45, 2.75) is 13.5 Å². The van der Waals surface area contributed by atoms with Gasteiger partial charge in [-0.3, -0.25) is 4.79 Å². The molecule has 0 aliphatic heterocycles. The molecule has 0 aliphatic carbocycles. The summed E-state index contributed by atoms with van der Waals surface area (Å²) >= 11 is 0. The van der Waals surface area contributed by atoms with Gasteiger partial charge in [0, 0.05) is 17.2 Å². The summed E-state index contributed by atoms with van der Waals surface area (Å²) in [5, 5.41) is 2.88. The fourth-order valence-corrected chi connectivity index (χ4v) is 3.12. The lowest BCUT2D eigenvalue weighted by molar-refractivity contribution is 0.102. The number of carbonyl (C=O) groups excluding carboxylic acids is 1. The molecule has 0 unspecified atom stereocenters. The summed E-state index contributed by atoms with van der Waals surface area (Å²) in [6.45, 7) is 2.61. The van der Waals surface area contributed by atoms with Crippen LogP contribution in [0.4, 0.5) is 5.69 Å². The maximum atomic E-state index is 12.9. The first kappa shape index (κ1) is 22.8. The van der Waals surface area contributed by atoms with E-state index in [1.54, 1.807) is 50.6 Å². The summed E-state index contributed by atoms with van der Waals surface area (Å²) in [4.78, 5) is 12.9. The molecule has 0 aromatic heterocycles. The molecule has 0 atom stereocenters. The summed E-state index contributed by atoms with van der Waals surface area (Å²) in [6.07, 6.45) is 0. The van der Waals surface area contributed by atoms with Crippen LogP contribution in [0.25, 0.3) is 0 Å². The topological polar surface area (TPSA) is 75.3 Å². The molecule has 3 aromatic carbocycles. The van der Waals surface area contributed by atoms with Crippen LogP contribution >= 0.6 is 0 Å². The van der Waals surface area contributed by atoms with Crippen LogP contribution in [-0.2, 0) is 6.61 Å². The second kappa shape index (κ2) is 10.9. The van der Waals surface area contributed by atoms with Gasteiger partial charge in [-0.2, -0.15) is 0 Å². The van der Waals surface area contributed by atoms with Gasteiger partial charge in [0.15, 0.2) is 11.5 Å². The summed E-state index contributed by atoms with van der Waals surface area (Å²) < 4.78 is 27.6. The van der Waals surface area contributed by atoms with Gasteiger partial charge in [0.2, 0.25) is 0 Å². The molecule has 168 valence electrons. The standard InChI is InChI=1S/C25H27NO6/c1-5-31-21-13-10-17(14-18(21)16-32-23-9-7-6-8-22(23)29-3)25(27)26-20-12-11-19(28-2)15-24(20)30-4/h6-15H,5,16H2,1-4H3,(H,26,27). The highest BCUT2D eigenvalue weighted by Gasteiger charge is 2.15. The van der Waals surface area contributed by atoms with E-state index in [0.29, 0.717) is 46.6 Å². The van der Waals surface area contributed by atoms with Crippen molar-refractivity contribution in [2.75, 3.05) is 33.3 Å². The monoisotopic (exact) mass is 437 g/mol. The van der Waals surface area contributed by atoms with Crippen molar-refractivity contribution in [3.8, 4) is 28.7 Å². The lowest BCUT2D eigenvalue weighted by Gasteiger charge is -2.15. The Balaban J connectivity index is 1.82. The zero-order valence-corrected chi connectivity index (χ0v) is 18.6. The van der Waals surface area contributed by atoms with Gasteiger partial charge in [0.25, 0.3) is 5.91 Å². The molecule has 0 aliphatic rings. The van der Waals surface area contributed by atoms with E-state index in [0.717, 1.165) is 5.56 Å². The minimum absolute atomic E-state index is 0.211. The number of rotatable bonds is 10. The number of amides is 1. The van der Waals surface area contributed by atoms with Gasteiger partial charge in [0.05, 0.1) is 33.6 Å². The molecular formula is C25H27NO6. The molecule has 7 heteroatoms.